The van der Waals surface area contributed by atoms with Gasteiger partial charge in [-0.3, -0.25) is 0 Å². The minimum absolute atomic E-state index is 0.0207. The van der Waals surface area contributed by atoms with Crippen molar-refractivity contribution < 1.29 is 10.2 Å². The normalized spacial score (nSPS) is 12.3. The van der Waals surface area contributed by atoms with Gasteiger partial charge in [-0.25, -0.2) is 0 Å². The van der Waals surface area contributed by atoms with Gasteiger partial charge in [-0.15, -0.1) is 0 Å². The molecule has 0 fully saturated rings. The summed E-state index contributed by atoms with van der Waals surface area (Å²) in [6.45, 7) is 4.04. The number of aryl methyl sites for hydroxylation is 1. The largest absolute Gasteiger partial charge is 0.508 e. The van der Waals surface area contributed by atoms with Crippen molar-refractivity contribution in [2.45, 2.75) is 26.2 Å². The number of benzene rings is 2. The summed E-state index contributed by atoms with van der Waals surface area (Å²) >= 11 is 0. The number of rotatable bonds is 3. The predicted octanol–water partition coefficient (Wildman–Crippen LogP) is 3.95. The van der Waals surface area contributed by atoms with Gasteiger partial charge in [-0.1, -0.05) is 37.3 Å². The number of hydrogen-bond donors (Lipinski definition) is 2. The second-order valence-corrected chi connectivity index (χ2v) is 4.53. The van der Waals surface area contributed by atoms with E-state index in [1.165, 1.54) is 0 Å². The van der Waals surface area contributed by atoms with Gasteiger partial charge in [0.2, 0.25) is 0 Å². The topological polar surface area (TPSA) is 40.5 Å². The number of aromatic hydroxyl groups is 2. The Morgan fingerprint density at radius 3 is 2.22 bits per heavy atom. The first-order valence-electron chi connectivity index (χ1n) is 6.21. The molecule has 0 saturated carbocycles. The van der Waals surface area contributed by atoms with Gasteiger partial charge in [-0.2, -0.15) is 0 Å². The summed E-state index contributed by atoms with van der Waals surface area (Å²) in [6, 6.07) is 12.8. The van der Waals surface area contributed by atoms with Crippen molar-refractivity contribution in [1.82, 2.24) is 0 Å². The number of hydrogen-bond acceptors (Lipinski definition) is 2. The van der Waals surface area contributed by atoms with Crippen LogP contribution in [0.5, 0.6) is 11.5 Å². The van der Waals surface area contributed by atoms with E-state index < -0.39 is 0 Å². The average molecular weight is 242 g/mol. The Morgan fingerprint density at radius 1 is 0.944 bits per heavy atom. The smallest absolute Gasteiger partial charge is 0.119 e. The minimum Gasteiger partial charge on any atom is -0.508 e. The van der Waals surface area contributed by atoms with Crippen molar-refractivity contribution in [2.75, 3.05) is 0 Å². The van der Waals surface area contributed by atoms with Crippen molar-refractivity contribution in [2.24, 2.45) is 0 Å². The quantitative estimate of drug-likeness (QED) is 0.855. The molecule has 94 valence electrons. The van der Waals surface area contributed by atoms with Crippen LogP contribution in [0.25, 0.3) is 0 Å². The van der Waals surface area contributed by atoms with Crippen molar-refractivity contribution in [1.29, 1.82) is 0 Å². The first-order chi connectivity index (χ1) is 8.65. The monoisotopic (exact) mass is 242 g/mol. The van der Waals surface area contributed by atoms with Gasteiger partial charge in [0, 0.05) is 17.0 Å². The molecule has 0 aliphatic heterocycles. The fraction of sp³-hybridized carbons (Fsp3) is 0.250. The lowest BCUT2D eigenvalue weighted by atomic mass is 9.85. The third kappa shape index (κ3) is 2.19. The summed E-state index contributed by atoms with van der Waals surface area (Å²) in [5.41, 5.74) is 2.82. The highest BCUT2D eigenvalue weighted by Gasteiger charge is 2.20. The zero-order valence-electron chi connectivity index (χ0n) is 10.7. The molecular weight excluding hydrogens is 224 g/mol. The van der Waals surface area contributed by atoms with E-state index in [0.29, 0.717) is 5.75 Å². The van der Waals surface area contributed by atoms with Crippen LogP contribution < -0.4 is 0 Å². The van der Waals surface area contributed by atoms with Crippen LogP contribution in [0.2, 0.25) is 0 Å². The molecule has 2 nitrogen and oxygen atoms in total. The average Bonchev–Trinajstić information content (AvgIpc) is 2.35. The van der Waals surface area contributed by atoms with Gasteiger partial charge in [0.15, 0.2) is 0 Å². The first kappa shape index (κ1) is 12.5. The van der Waals surface area contributed by atoms with Crippen LogP contribution in [-0.2, 0) is 0 Å². The molecule has 0 aliphatic rings. The molecule has 2 aromatic carbocycles. The van der Waals surface area contributed by atoms with E-state index in [0.717, 1.165) is 23.1 Å². The maximum Gasteiger partial charge on any atom is 0.119 e. The van der Waals surface area contributed by atoms with E-state index in [2.05, 4.69) is 6.92 Å². The summed E-state index contributed by atoms with van der Waals surface area (Å²) < 4.78 is 0. The van der Waals surface area contributed by atoms with Crippen LogP contribution in [0.3, 0.4) is 0 Å². The standard InChI is InChI=1S/C16H18O2/c1-3-12(13-8-4-5-9-14(13)17)16-11(2)7-6-10-15(16)18/h4-10,12,17-18H,3H2,1-2H3. The molecule has 0 spiro atoms. The maximum absolute atomic E-state index is 10.1. The Labute approximate surface area is 108 Å². The van der Waals surface area contributed by atoms with E-state index in [4.69, 9.17) is 0 Å². The minimum atomic E-state index is 0.0207. The van der Waals surface area contributed by atoms with Crippen LogP contribution in [0.4, 0.5) is 0 Å². The first-order valence-corrected chi connectivity index (χ1v) is 6.21. The van der Waals surface area contributed by atoms with Crippen molar-refractivity contribution in [3.8, 4) is 11.5 Å². The zero-order chi connectivity index (χ0) is 13.1. The third-order valence-electron chi connectivity index (χ3n) is 3.37. The van der Waals surface area contributed by atoms with Gasteiger partial charge in [0.05, 0.1) is 0 Å². The summed E-state index contributed by atoms with van der Waals surface area (Å²) in [4.78, 5) is 0. The van der Waals surface area contributed by atoms with Crippen molar-refractivity contribution >= 4 is 0 Å². The Hall–Kier alpha value is -1.96. The second-order valence-electron chi connectivity index (χ2n) is 4.53. The van der Waals surface area contributed by atoms with E-state index >= 15 is 0 Å². The molecule has 0 radical (unpaired) electrons. The zero-order valence-corrected chi connectivity index (χ0v) is 10.7. The van der Waals surface area contributed by atoms with Crippen LogP contribution in [0.1, 0.15) is 36.0 Å². The lowest BCUT2D eigenvalue weighted by Gasteiger charge is -2.20. The molecule has 2 rings (SSSR count). The SMILES string of the molecule is CCC(c1ccccc1O)c1c(C)cccc1O. The molecule has 2 heteroatoms. The summed E-state index contributed by atoms with van der Waals surface area (Å²) in [7, 11) is 0. The highest BCUT2D eigenvalue weighted by molar-refractivity contribution is 5.49. The maximum atomic E-state index is 10.1. The van der Waals surface area contributed by atoms with Crippen LogP contribution >= 0.6 is 0 Å². The molecule has 2 N–H and O–H groups in total. The van der Waals surface area contributed by atoms with Crippen LogP contribution in [0.15, 0.2) is 42.5 Å². The van der Waals surface area contributed by atoms with Crippen LogP contribution in [0, 0.1) is 6.92 Å². The summed E-state index contributed by atoms with van der Waals surface area (Å²) in [6.07, 6.45) is 0.829. The van der Waals surface area contributed by atoms with Gasteiger partial charge >= 0.3 is 0 Å². The molecule has 2 aromatic rings. The molecule has 0 heterocycles. The lowest BCUT2D eigenvalue weighted by molar-refractivity contribution is 0.452. The molecule has 1 atom stereocenters. The second kappa shape index (κ2) is 5.13. The highest BCUT2D eigenvalue weighted by Crippen LogP contribution is 2.39. The Bertz CT molecular complexity index is 526. The van der Waals surface area contributed by atoms with Crippen LogP contribution in [-0.4, -0.2) is 10.2 Å². The van der Waals surface area contributed by atoms with Gasteiger partial charge in [0.25, 0.3) is 0 Å². The van der Waals surface area contributed by atoms with E-state index in [1.807, 2.05) is 37.3 Å². The van der Waals surface area contributed by atoms with Gasteiger partial charge in [0.1, 0.15) is 11.5 Å². The van der Waals surface area contributed by atoms with Crippen molar-refractivity contribution in [3.05, 3.63) is 59.2 Å². The van der Waals surface area contributed by atoms with E-state index in [9.17, 15) is 10.2 Å². The van der Waals surface area contributed by atoms with Gasteiger partial charge < -0.3 is 10.2 Å². The molecule has 1 unspecified atom stereocenters. The predicted molar refractivity (Wildman–Crippen MR) is 73.1 cm³/mol. The number of para-hydroxylation sites is 1. The third-order valence-corrected chi connectivity index (χ3v) is 3.37. The fourth-order valence-corrected chi connectivity index (χ4v) is 2.48. The summed E-state index contributed by atoms with van der Waals surface area (Å²) in [5, 5.41) is 20.0. The Morgan fingerprint density at radius 2 is 1.61 bits per heavy atom. The lowest BCUT2D eigenvalue weighted by Crippen LogP contribution is -2.02. The number of phenols is 2. The van der Waals surface area contributed by atoms with E-state index in [1.54, 1.807) is 12.1 Å². The molecule has 18 heavy (non-hydrogen) atoms. The van der Waals surface area contributed by atoms with Crippen molar-refractivity contribution in [3.63, 3.8) is 0 Å². The molecule has 0 bridgehead atoms. The molecule has 0 saturated heterocycles. The summed E-state index contributed by atoms with van der Waals surface area (Å²) in [5.74, 6) is 0.601. The Balaban J connectivity index is 2.56. The molecular formula is C16H18O2. The van der Waals surface area contributed by atoms with Gasteiger partial charge in [-0.05, 0) is 31.0 Å². The highest BCUT2D eigenvalue weighted by atomic mass is 16.3. The fourth-order valence-electron chi connectivity index (χ4n) is 2.48. The number of phenolic OH excluding ortho intramolecular Hbond substituents is 2. The molecule has 0 amide bonds. The van der Waals surface area contributed by atoms with E-state index in [-0.39, 0.29) is 11.7 Å². The molecule has 0 aromatic heterocycles. The molecule has 0 aliphatic carbocycles. The Kier molecular flexibility index (Phi) is 3.56.